The van der Waals surface area contributed by atoms with Gasteiger partial charge in [-0.15, -0.1) is 11.3 Å². The smallest absolute Gasteiger partial charge is 0.261 e. The molecule has 5 heteroatoms. The van der Waals surface area contributed by atoms with Crippen LogP contribution < -0.4 is 5.32 Å². The normalized spacial score (nSPS) is 12.4. The molecule has 1 rings (SSSR count). The van der Waals surface area contributed by atoms with Crippen molar-refractivity contribution in [1.29, 1.82) is 0 Å². The fourth-order valence-electron chi connectivity index (χ4n) is 1.37. The molecule has 0 aliphatic rings. The molecule has 0 radical (unpaired) electrons. The summed E-state index contributed by atoms with van der Waals surface area (Å²) in [6, 6.07) is 3.74. The Morgan fingerprint density at radius 3 is 2.81 bits per heavy atom. The van der Waals surface area contributed by atoms with E-state index in [0.29, 0.717) is 5.92 Å². The van der Waals surface area contributed by atoms with E-state index in [1.54, 1.807) is 0 Å². The van der Waals surface area contributed by atoms with Crippen LogP contribution in [0.3, 0.4) is 0 Å². The molecule has 1 heterocycles. The Labute approximate surface area is 117 Å². The molecular weight excluding hydrogens is 354 g/mol. The molecular formula is C11H15Br2NOS. The van der Waals surface area contributed by atoms with E-state index in [-0.39, 0.29) is 5.91 Å². The van der Waals surface area contributed by atoms with Gasteiger partial charge in [-0.1, -0.05) is 29.3 Å². The Kier molecular flexibility index (Phi) is 6.61. The summed E-state index contributed by atoms with van der Waals surface area (Å²) in [5.41, 5.74) is 0. The number of hydrogen-bond donors (Lipinski definition) is 1. The lowest BCUT2D eigenvalue weighted by atomic mass is 10.0. The van der Waals surface area contributed by atoms with Gasteiger partial charge in [0, 0.05) is 11.9 Å². The molecule has 16 heavy (non-hydrogen) atoms. The summed E-state index contributed by atoms with van der Waals surface area (Å²) in [6.07, 6.45) is 2.20. The largest absolute Gasteiger partial charge is 0.351 e. The molecule has 0 bridgehead atoms. The van der Waals surface area contributed by atoms with Crippen molar-refractivity contribution < 1.29 is 4.79 Å². The molecule has 0 aliphatic carbocycles. The third-order valence-electron chi connectivity index (χ3n) is 2.44. The molecule has 0 saturated heterocycles. The Bertz CT molecular complexity index is 340. The fraction of sp³-hybridized carbons (Fsp3) is 0.545. The van der Waals surface area contributed by atoms with Gasteiger partial charge in [-0.3, -0.25) is 4.79 Å². The van der Waals surface area contributed by atoms with Crippen molar-refractivity contribution in [3.05, 3.63) is 20.8 Å². The molecule has 0 fully saturated rings. The van der Waals surface area contributed by atoms with Crippen molar-refractivity contribution in [2.45, 2.75) is 19.8 Å². The van der Waals surface area contributed by atoms with Crippen molar-refractivity contribution in [2.75, 3.05) is 11.9 Å². The zero-order valence-electron chi connectivity index (χ0n) is 9.13. The highest BCUT2D eigenvalue weighted by molar-refractivity contribution is 9.11. The second-order valence-electron chi connectivity index (χ2n) is 3.57. The first-order chi connectivity index (χ1) is 7.67. The maximum absolute atomic E-state index is 11.7. The third kappa shape index (κ3) is 4.55. The van der Waals surface area contributed by atoms with Gasteiger partial charge in [0.1, 0.15) is 0 Å². The monoisotopic (exact) mass is 367 g/mol. The van der Waals surface area contributed by atoms with Crippen molar-refractivity contribution in [3.8, 4) is 0 Å². The van der Waals surface area contributed by atoms with Crippen LogP contribution in [0.15, 0.2) is 15.9 Å². The van der Waals surface area contributed by atoms with Crippen molar-refractivity contribution >= 4 is 49.1 Å². The fourth-order valence-corrected chi connectivity index (χ4v) is 3.32. The van der Waals surface area contributed by atoms with Crippen molar-refractivity contribution in [2.24, 2.45) is 5.92 Å². The molecule has 1 unspecified atom stereocenters. The highest BCUT2D eigenvalue weighted by Gasteiger charge is 2.11. The number of nitrogens with one attached hydrogen (secondary N) is 1. The minimum absolute atomic E-state index is 0.0312. The highest BCUT2D eigenvalue weighted by atomic mass is 79.9. The number of amides is 1. The lowest BCUT2D eigenvalue weighted by Gasteiger charge is -2.13. The van der Waals surface area contributed by atoms with E-state index in [0.717, 1.165) is 33.4 Å². The van der Waals surface area contributed by atoms with E-state index in [1.165, 1.54) is 11.3 Å². The first-order valence-electron chi connectivity index (χ1n) is 5.26. The standard InChI is InChI=1S/C11H15Br2NOS/c1-2-8(5-6-12)7-14-11(15)9-3-4-10(13)16-9/h3-4,8H,2,5-7H2,1H3,(H,14,15). The SMILES string of the molecule is CCC(CCBr)CNC(=O)c1ccc(Br)s1. The number of carbonyl (C=O) groups is 1. The van der Waals surface area contributed by atoms with Gasteiger partial charge in [-0.05, 0) is 40.4 Å². The van der Waals surface area contributed by atoms with Gasteiger partial charge >= 0.3 is 0 Å². The van der Waals surface area contributed by atoms with Crippen molar-refractivity contribution in [3.63, 3.8) is 0 Å². The summed E-state index contributed by atoms with van der Waals surface area (Å²) < 4.78 is 0.991. The number of carbonyl (C=O) groups excluding carboxylic acids is 1. The number of alkyl halides is 1. The Morgan fingerprint density at radius 2 is 2.31 bits per heavy atom. The maximum atomic E-state index is 11.7. The zero-order chi connectivity index (χ0) is 12.0. The van der Waals surface area contributed by atoms with Gasteiger partial charge in [-0.2, -0.15) is 0 Å². The highest BCUT2D eigenvalue weighted by Crippen LogP contribution is 2.21. The van der Waals surface area contributed by atoms with E-state index < -0.39 is 0 Å². The van der Waals surface area contributed by atoms with Crippen LogP contribution in [0.2, 0.25) is 0 Å². The first-order valence-corrected chi connectivity index (χ1v) is 8.00. The number of rotatable bonds is 6. The van der Waals surface area contributed by atoms with Gasteiger partial charge < -0.3 is 5.32 Å². The summed E-state index contributed by atoms with van der Waals surface area (Å²) in [5.74, 6) is 0.593. The lowest BCUT2D eigenvalue weighted by Crippen LogP contribution is -2.28. The number of halogens is 2. The summed E-state index contributed by atoms with van der Waals surface area (Å²) >= 11 is 8.24. The molecule has 1 amide bonds. The van der Waals surface area contributed by atoms with Crippen LogP contribution in [-0.4, -0.2) is 17.8 Å². The van der Waals surface area contributed by atoms with Gasteiger partial charge in [0.2, 0.25) is 0 Å². The molecule has 0 spiro atoms. The predicted octanol–water partition coefficient (Wildman–Crippen LogP) is 4.05. The molecule has 0 aliphatic heterocycles. The summed E-state index contributed by atoms with van der Waals surface area (Å²) in [7, 11) is 0. The summed E-state index contributed by atoms with van der Waals surface area (Å²) in [4.78, 5) is 12.5. The van der Waals surface area contributed by atoms with Gasteiger partial charge in [0.05, 0.1) is 8.66 Å². The van der Waals surface area contributed by atoms with Crippen LogP contribution in [0.1, 0.15) is 29.4 Å². The van der Waals surface area contributed by atoms with Crippen LogP contribution in [-0.2, 0) is 0 Å². The minimum Gasteiger partial charge on any atom is -0.351 e. The zero-order valence-corrected chi connectivity index (χ0v) is 13.1. The average Bonchev–Trinajstić information content (AvgIpc) is 2.70. The molecule has 1 aromatic rings. The Morgan fingerprint density at radius 1 is 1.56 bits per heavy atom. The van der Waals surface area contributed by atoms with E-state index in [2.05, 4.69) is 44.1 Å². The molecule has 1 N–H and O–H groups in total. The summed E-state index contributed by atoms with van der Waals surface area (Å²) in [6.45, 7) is 2.91. The van der Waals surface area contributed by atoms with Crippen LogP contribution >= 0.6 is 43.2 Å². The van der Waals surface area contributed by atoms with Crippen LogP contribution in [0.25, 0.3) is 0 Å². The van der Waals surface area contributed by atoms with Crippen LogP contribution in [0, 0.1) is 5.92 Å². The van der Waals surface area contributed by atoms with Crippen LogP contribution in [0.4, 0.5) is 0 Å². The maximum Gasteiger partial charge on any atom is 0.261 e. The average molecular weight is 369 g/mol. The summed E-state index contributed by atoms with van der Waals surface area (Å²) in [5, 5.41) is 3.97. The number of hydrogen-bond acceptors (Lipinski definition) is 2. The lowest BCUT2D eigenvalue weighted by molar-refractivity contribution is 0.0950. The quantitative estimate of drug-likeness (QED) is 0.754. The van der Waals surface area contributed by atoms with E-state index in [9.17, 15) is 4.79 Å². The number of thiophene rings is 1. The Balaban J connectivity index is 2.40. The molecule has 0 aromatic carbocycles. The minimum atomic E-state index is 0.0312. The topological polar surface area (TPSA) is 29.1 Å². The Hall–Kier alpha value is 0.130. The van der Waals surface area contributed by atoms with E-state index in [4.69, 9.17) is 0 Å². The van der Waals surface area contributed by atoms with E-state index >= 15 is 0 Å². The molecule has 0 saturated carbocycles. The molecule has 1 atom stereocenters. The van der Waals surface area contributed by atoms with Crippen molar-refractivity contribution in [1.82, 2.24) is 5.32 Å². The first kappa shape index (κ1) is 14.2. The second kappa shape index (κ2) is 7.45. The van der Waals surface area contributed by atoms with Gasteiger partial charge in [-0.25, -0.2) is 0 Å². The van der Waals surface area contributed by atoms with Gasteiger partial charge in [0.15, 0.2) is 0 Å². The molecule has 90 valence electrons. The van der Waals surface area contributed by atoms with E-state index in [1.807, 2.05) is 12.1 Å². The predicted molar refractivity (Wildman–Crippen MR) is 76.5 cm³/mol. The second-order valence-corrected chi connectivity index (χ2v) is 6.82. The molecule has 1 aromatic heterocycles. The third-order valence-corrected chi connectivity index (χ3v) is 4.52. The van der Waals surface area contributed by atoms with Gasteiger partial charge in [0.25, 0.3) is 5.91 Å². The van der Waals surface area contributed by atoms with Crippen LogP contribution in [0.5, 0.6) is 0 Å². The molecule has 2 nitrogen and oxygen atoms in total.